The average molecular weight is 354 g/mol. The molecule has 0 spiro atoms. The highest BCUT2D eigenvalue weighted by atomic mass is 79.9. The summed E-state index contributed by atoms with van der Waals surface area (Å²) < 4.78 is 6.25. The number of carbonyl (C=O) groups is 1. The molecular weight excluding hydrogens is 334 g/mol. The molecule has 1 aromatic heterocycles. The number of hydrogen-bond acceptors (Lipinski definition) is 3. The summed E-state index contributed by atoms with van der Waals surface area (Å²) in [6.45, 7) is 7.46. The number of halogens is 1. The van der Waals surface area contributed by atoms with Crippen LogP contribution in [0.25, 0.3) is 10.9 Å². The van der Waals surface area contributed by atoms with E-state index in [1.807, 2.05) is 45.9 Å². The number of amides is 1. The Labute approximate surface area is 132 Å². The van der Waals surface area contributed by atoms with E-state index in [9.17, 15) is 4.79 Å². The van der Waals surface area contributed by atoms with Gasteiger partial charge < -0.3 is 10.1 Å². The zero-order valence-electron chi connectivity index (χ0n) is 12.7. The minimum absolute atomic E-state index is 0.0645. The van der Waals surface area contributed by atoms with Crippen LogP contribution < -0.4 is 5.32 Å². The second kappa shape index (κ2) is 6.05. The first kappa shape index (κ1) is 15.8. The lowest BCUT2D eigenvalue weighted by atomic mass is 10.1. The molecule has 0 saturated carbocycles. The van der Waals surface area contributed by atoms with Gasteiger partial charge in [0.25, 0.3) is 0 Å². The number of alkyl carbamates (subject to hydrolysis) is 1. The van der Waals surface area contributed by atoms with Crippen LogP contribution in [0.5, 0.6) is 0 Å². The summed E-state index contributed by atoms with van der Waals surface area (Å²) in [4.78, 5) is 11.7. The minimum atomic E-state index is -0.492. The van der Waals surface area contributed by atoms with Crippen molar-refractivity contribution < 1.29 is 9.53 Å². The van der Waals surface area contributed by atoms with Gasteiger partial charge in [0.05, 0.1) is 11.2 Å². The third-order valence-electron chi connectivity index (χ3n) is 2.87. The first-order chi connectivity index (χ1) is 9.74. The molecule has 2 aromatic rings. The molecule has 0 saturated heterocycles. The van der Waals surface area contributed by atoms with Gasteiger partial charge in [-0.2, -0.15) is 5.10 Å². The molecule has 21 heavy (non-hydrogen) atoms. The molecule has 1 aromatic carbocycles. The fraction of sp³-hybridized carbons (Fsp3) is 0.467. The number of hydrogen-bond donors (Lipinski definition) is 2. The van der Waals surface area contributed by atoms with Gasteiger partial charge >= 0.3 is 6.09 Å². The van der Waals surface area contributed by atoms with Crippen LogP contribution in [0.15, 0.2) is 22.7 Å². The average Bonchev–Trinajstić information content (AvgIpc) is 2.69. The zero-order chi connectivity index (χ0) is 15.6. The van der Waals surface area contributed by atoms with Crippen LogP contribution >= 0.6 is 15.9 Å². The minimum Gasteiger partial charge on any atom is -0.444 e. The van der Waals surface area contributed by atoms with E-state index in [4.69, 9.17) is 4.74 Å². The Kier molecular flexibility index (Phi) is 4.56. The van der Waals surface area contributed by atoms with Crippen molar-refractivity contribution in [3.8, 4) is 0 Å². The van der Waals surface area contributed by atoms with E-state index in [1.54, 1.807) is 0 Å². The Bertz CT molecular complexity index is 646. The molecule has 114 valence electrons. The number of nitrogens with zero attached hydrogens (tertiary/aromatic N) is 1. The van der Waals surface area contributed by atoms with Gasteiger partial charge in [0.15, 0.2) is 0 Å². The van der Waals surface area contributed by atoms with Crippen molar-refractivity contribution >= 4 is 32.9 Å². The van der Waals surface area contributed by atoms with Crippen molar-refractivity contribution in [1.29, 1.82) is 0 Å². The van der Waals surface area contributed by atoms with Crippen LogP contribution in [-0.4, -0.2) is 27.9 Å². The fourth-order valence-electron chi connectivity index (χ4n) is 2.05. The first-order valence-corrected chi connectivity index (χ1v) is 7.66. The monoisotopic (exact) mass is 353 g/mol. The van der Waals surface area contributed by atoms with Crippen molar-refractivity contribution in [2.75, 3.05) is 0 Å². The number of aromatic amines is 1. The Hall–Kier alpha value is -1.56. The number of H-pyrrole nitrogens is 1. The summed E-state index contributed by atoms with van der Waals surface area (Å²) >= 11 is 3.46. The highest BCUT2D eigenvalue weighted by Gasteiger charge is 2.18. The van der Waals surface area contributed by atoms with Gasteiger partial charge in [0.2, 0.25) is 0 Å². The maximum atomic E-state index is 11.7. The van der Waals surface area contributed by atoms with Gasteiger partial charge in [-0.15, -0.1) is 0 Å². The van der Waals surface area contributed by atoms with E-state index in [2.05, 4.69) is 31.4 Å². The van der Waals surface area contributed by atoms with Crippen molar-refractivity contribution in [3.05, 3.63) is 28.4 Å². The third kappa shape index (κ3) is 4.46. The molecular formula is C15H20BrN3O2. The quantitative estimate of drug-likeness (QED) is 0.882. The Balaban J connectivity index is 2.03. The molecule has 6 heteroatoms. The Morgan fingerprint density at radius 2 is 2.19 bits per heavy atom. The molecule has 1 atom stereocenters. The molecule has 0 bridgehead atoms. The SMILES string of the molecule is CC(Cc1n[nH]c2ccc(Br)cc12)NC(=O)OC(C)(C)C. The van der Waals surface area contributed by atoms with Crippen molar-refractivity contribution in [3.63, 3.8) is 0 Å². The van der Waals surface area contributed by atoms with Crippen LogP contribution in [0.1, 0.15) is 33.4 Å². The van der Waals surface area contributed by atoms with Crippen LogP contribution in [0.3, 0.4) is 0 Å². The zero-order valence-corrected chi connectivity index (χ0v) is 14.2. The highest BCUT2D eigenvalue weighted by molar-refractivity contribution is 9.10. The van der Waals surface area contributed by atoms with Crippen LogP contribution in [-0.2, 0) is 11.2 Å². The summed E-state index contributed by atoms with van der Waals surface area (Å²) in [5, 5.41) is 11.2. The van der Waals surface area contributed by atoms with Crippen molar-refractivity contribution in [1.82, 2.24) is 15.5 Å². The summed E-state index contributed by atoms with van der Waals surface area (Å²) in [6.07, 6.45) is 0.228. The predicted octanol–water partition coefficient (Wildman–Crippen LogP) is 3.78. The maximum absolute atomic E-state index is 11.7. The van der Waals surface area contributed by atoms with E-state index in [1.165, 1.54) is 0 Å². The molecule has 0 radical (unpaired) electrons. The van der Waals surface area contributed by atoms with Gasteiger partial charge in [-0.25, -0.2) is 4.79 Å². The van der Waals surface area contributed by atoms with Gasteiger partial charge in [-0.3, -0.25) is 5.10 Å². The van der Waals surface area contributed by atoms with E-state index < -0.39 is 11.7 Å². The molecule has 1 heterocycles. The molecule has 1 unspecified atom stereocenters. The van der Waals surface area contributed by atoms with Gasteiger partial charge in [-0.1, -0.05) is 15.9 Å². The topological polar surface area (TPSA) is 67.0 Å². The largest absolute Gasteiger partial charge is 0.444 e. The number of benzene rings is 1. The third-order valence-corrected chi connectivity index (χ3v) is 3.36. The summed E-state index contributed by atoms with van der Waals surface area (Å²) in [7, 11) is 0. The number of rotatable bonds is 3. The predicted molar refractivity (Wildman–Crippen MR) is 86.3 cm³/mol. The number of aromatic nitrogens is 2. The number of ether oxygens (including phenoxy) is 1. The van der Waals surface area contributed by atoms with Gasteiger partial charge in [-0.05, 0) is 45.9 Å². The lowest BCUT2D eigenvalue weighted by Gasteiger charge is -2.21. The van der Waals surface area contributed by atoms with E-state index >= 15 is 0 Å². The van der Waals surface area contributed by atoms with Crippen LogP contribution in [0.2, 0.25) is 0 Å². The molecule has 0 aliphatic rings. The molecule has 2 rings (SSSR count). The van der Waals surface area contributed by atoms with Crippen molar-refractivity contribution in [2.24, 2.45) is 0 Å². The van der Waals surface area contributed by atoms with Crippen molar-refractivity contribution in [2.45, 2.75) is 45.8 Å². The summed E-state index contributed by atoms with van der Waals surface area (Å²) in [6, 6.07) is 5.90. The summed E-state index contributed by atoms with van der Waals surface area (Å²) in [5.41, 5.74) is 1.42. The maximum Gasteiger partial charge on any atom is 0.407 e. The lowest BCUT2D eigenvalue weighted by molar-refractivity contribution is 0.0508. The van der Waals surface area contributed by atoms with Gasteiger partial charge in [0.1, 0.15) is 5.60 Å². The standard InChI is InChI=1S/C15H20BrN3O2/c1-9(17-14(20)21-15(2,3)4)7-13-11-8-10(16)5-6-12(11)18-19-13/h5-6,8-9H,7H2,1-4H3,(H,17,20)(H,18,19). The molecule has 5 nitrogen and oxygen atoms in total. The smallest absolute Gasteiger partial charge is 0.407 e. The van der Waals surface area contributed by atoms with E-state index in [-0.39, 0.29) is 6.04 Å². The number of carbonyl (C=O) groups excluding carboxylic acids is 1. The fourth-order valence-corrected chi connectivity index (χ4v) is 2.41. The Morgan fingerprint density at radius 3 is 2.86 bits per heavy atom. The molecule has 0 aliphatic heterocycles. The molecule has 2 N–H and O–H groups in total. The number of fused-ring (bicyclic) bond motifs is 1. The second-order valence-corrected chi connectivity index (χ2v) is 7.03. The van der Waals surface area contributed by atoms with Crippen LogP contribution in [0.4, 0.5) is 4.79 Å². The van der Waals surface area contributed by atoms with E-state index in [0.29, 0.717) is 6.42 Å². The first-order valence-electron chi connectivity index (χ1n) is 6.86. The lowest BCUT2D eigenvalue weighted by Crippen LogP contribution is -2.38. The molecule has 1 amide bonds. The Morgan fingerprint density at radius 1 is 1.48 bits per heavy atom. The normalized spacial score (nSPS) is 13.2. The molecule has 0 fully saturated rings. The van der Waals surface area contributed by atoms with E-state index in [0.717, 1.165) is 21.1 Å². The number of nitrogens with one attached hydrogen (secondary N) is 2. The highest BCUT2D eigenvalue weighted by Crippen LogP contribution is 2.21. The van der Waals surface area contributed by atoms with Crippen LogP contribution in [0, 0.1) is 0 Å². The summed E-state index contributed by atoms with van der Waals surface area (Å²) in [5.74, 6) is 0. The molecule has 0 aliphatic carbocycles. The second-order valence-electron chi connectivity index (χ2n) is 6.11. The van der Waals surface area contributed by atoms with Gasteiger partial charge in [0, 0.05) is 22.3 Å².